The predicted octanol–water partition coefficient (Wildman–Crippen LogP) is 5.30. The number of thiophene rings is 1. The van der Waals surface area contributed by atoms with Gasteiger partial charge in [-0.05, 0) is 41.8 Å². The summed E-state index contributed by atoms with van der Waals surface area (Å²) in [6.45, 7) is 0.257. The van der Waals surface area contributed by atoms with Crippen molar-refractivity contribution in [3.8, 4) is 9.88 Å². The van der Waals surface area contributed by atoms with Crippen LogP contribution in [0.15, 0.2) is 73.9 Å². The highest BCUT2D eigenvalue weighted by molar-refractivity contribution is 7.98. The minimum absolute atomic E-state index is 0.201. The van der Waals surface area contributed by atoms with Crippen molar-refractivity contribution >= 4 is 51.3 Å². The second-order valence-corrected chi connectivity index (χ2v) is 9.75. The van der Waals surface area contributed by atoms with Gasteiger partial charge in [-0.1, -0.05) is 17.8 Å². The number of fused-ring (bicyclic) bond motifs is 1. The molecule has 0 N–H and O–H groups in total. The average molecular weight is 496 g/mol. The van der Waals surface area contributed by atoms with Crippen molar-refractivity contribution in [1.29, 1.82) is 0 Å². The van der Waals surface area contributed by atoms with Crippen molar-refractivity contribution in [2.75, 3.05) is 7.11 Å². The fraction of sp³-hybridized carbons (Fsp3) is 0.130. The largest absolute Gasteiger partial charge is 0.467 e. The van der Waals surface area contributed by atoms with Crippen molar-refractivity contribution in [1.82, 2.24) is 14.5 Å². The molecule has 0 unspecified atom stereocenters. The third kappa shape index (κ3) is 4.50. The summed E-state index contributed by atoms with van der Waals surface area (Å²) in [5.74, 6) is 0.727. The first-order valence-corrected chi connectivity index (χ1v) is 12.6. The number of benzene rings is 1. The summed E-state index contributed by atoms with van der Waals surface area (Å²) in [4.78, 5) is 35.9. The van der Waals surface area contributed by atoms with E-state index in [2.05, 4.69) is 0 Å². The summed E-state index contributed by atoms with van der Waals surface area (Å²) >= 11 is 4.67. The number of thioether (sulfide) groups is 1. The molecule has 0 amide bonds. The zero-order valence-electron chi connectivity index (χ0n) is 17.4. The number of nitrogens with zero attached hydrogens (tertiary/aromatic N) is 3. The fourth-order valence-electron chi connectivity index (χ4n) is 3.28. The van der Waals surface area contributed by atoms with Crippen LogP contribution in [-0.4, -0.2) is 27.6 Å². The van der Waals surface area contributed by atoms with E-state index in [1.807, 2.05) is 29.0 Å². The van der Waals surface area contributed by atoms with Crippen molar-refractivity contribution < 1.29 is 13.9 Å². The number of thiazole rings is 1. The number of ether oxygens (including phenoxy) is 1. The Kier molecular flexibility index (Phi) is 6.12. The predicted molar refractivity (Wildman–Crippen MR) is 130 cm³/mol. The van der Waals surface area contributed by atoms with Crippen molar-refractivity contribution in [2.24, 2.45) is 0 Å². The van der Waals surface area contributed by atoms with Gasteiger partial charge in [0.05, 0.1) is 47.0 Å². The van der Waals surface area contributed by atoms with Gasteiger partial charge in [-0.2, -0.15) is 0 Å². The van der Waals surface area contributed by atoms with Crippen LogP contribution in [0.5, 0.6) is 0 Å². The van der Waals surface area contributed by atoms with Crippen LogP contribution in [0.1, 0.15) is 21.8 Å². The molecule has 166 valence electrons. The number of aromatic nitrogens is 3. The van der Waals surface area contributed by atoms with Crippen LogP contribution in [0.4, 0.5) is 0 Å². The molecule has 0 fully saturated rings. The lowest BCUT2D eigenvalue weighted by Gasteiger charge is -2.12. The van der Waals surface area contributed by atoms with Crippen molar-refractivity contribution in [3.05, 3.63) is 86.9 Å². The third-order valence-corrected chi connectivity index (χ3v) is 7.81. The Bertz CT molecular complexity index is 1470. The molecule has 5 rings (SSSR count). The van der Waals surface area contributed by atoms with E-state index >= 15 is 0 Å². The maximum atomic E-state index is 13.3. The summed E-state index contributed by atoms with van der Waals surface area (Å²) < 4.78 is 11.9. The average Bonchev–Trinajstić information content (AvgIpc) is 3.61. The van der Waals surface area contributed by atoms with E-state index in [9.17, 15) is 9.59 Å². The highest BCUT2D eigenvalue weighted by Crippen LogP contribution is 2.30. The second kappa shape index (κ2) is 9.34. The molecule has 0 saturated heterocycles. The van der Waals surface area contributed by atoms with Gasteiger partial charge in [0.15, 0.2) is 5.16 Å². The summed E-state index contributed by atoms with van der Waals surface area (Å²) in [6.07, 6.45) is 1.58. The maximum absolute atomic E-state index is 13.3. The summed E-state index contributed by atoms with van der Waals surface area (Å²) in [7, 11) is 1.32. The highest BCUT2D eigenvalue weighted by Gasteiger charge is 2.16. The Labute approximate surface area is 200 Å². The van der Waals surface area contributed by atoms with Crippen LogP contribution < -0.4 is 5.56 Å². The topological polar surface area (TPSA) is 87.2 Å². The number of hydrogen-bond acceptors (Lipinski definition) is 9. The van der Waals surface area contributed by atoms with Gasteiger partial charge < -0.3 is 9.15 Å². The molecular formula is C23H17N3O4S3. The van der Waals surface area contributed by atoms with Gasteiger partial charge in [-0.25, -0.2) is 14.8 Å². The lowest BCUT2D eigenvalue weighted by molar-refractivity contribution is 0.0601. The Morgan fingerprint density at radius 3 is 2.85 bits per heavy atom. The Balaban J connectivity index is 1.51. The minimum Gasteiger partial charge on any atom is -0.467 e. The molecule has 4 aromatic heterocycles. The maximum Gasteiger partial charge on any atom is 0.337 e. The standard InChI is InChI=1S/C23H17N3O4S3/c1-29-22(28)14-6-7-17-18(10-14)25-23(26(21(17)27)11-16-4-2-8-30-16)33-13-15-12-32-20(24-15)19-5-3-9-31-19/h2-10,12H,11,13H2,1H3. The van der Waals surface area contributed by atoms with E-state index < -0.39 is 5.97 Å². The number of esters is 1. The number of rotatable bonds is 7. The molecule has 1 aromatic carbocycles. The number of carbonyl (C=O) groups excluding carboxylic acids is 1. The van der Waals surface area contributed by atoms with E-state index in [1.165, 1.54) is 18.9 Å². The van der Waals surface area contributed by atoms with Gasteiger partial charge in [-0.3, -0.25) is 9.36 Å². The molecule has 10 heteroatoms. The molecule has 0 saturated carbocycles. The van der Waals surface area contributed by atoms with Crippen LogP contribution >= 0.6 is 34.4 Å². The van der Waals surface area contributed by atoms with Crippen molar-refractivity contribution in [3.63, 3.8) is 0 Å². The van der Waals surface area contributed by atoms with Crippen molar-refractivity contribution in [2.45, 2.75) is 17.5 Å². The summed E-state index contributed by atoms with van der Waals surface area (Å²) in [5.41, 5.74) is 1.50. The Morgan fingerprint density at radius 1 is 1.18 bits per heavy atom. The number of hydrogen-bond donors (Lipinski definition) is 0. The first kappa shape index (κ1) is 21.6. The number of carbonyl (C=O) groups is 1. The van der Waals surface area contributed by atoms with E-state index in [0.29, 0.717) is 33.1 Å². The van der Waals surface area contributed by atoms with Crippen LogP contribution in [0, 0.1) is 0 Å². The van der Waals surface area contributed by atoms with Gasteiger partial charge in [0.25, 0.3) is 5.56 Å². The molecule has 0 radical (unpaired) electrons. The zero-order valence-corrected chi connectivity index (χ0v) is 19.8. The minimum atomic E-state index is -0.476. The second-order valence-electron chi connectivity index (χ2n) is 7.00. The fourth-order valence-corrected chi connectivity index (χ4v) is 5.91. The zero-order chi connectivity index (χ0) is 22.8. The molecule has 7 nitrogen and oxygen atoms in total. The summed E-state index contributed by atoms with van der Waals surface area (Å²) in [6, 6.07) is 12.4. The highest BCUT2D eigenvalue weighted by atomic mass is 32.2. The normalized spacial score (nSPS) is 11.2. The van der Waals surface area contributed by atoms with Crippen LogP contribution in [0.2, 0.25) is 0 Å². The SMILES string of the molecule is COC(=O)c1ccc2c(=O)n(Cc3ccco3)c(SCc3csc(-c4cccs4)n3)nc2c1. The van der Waals surface area contributed by atoms with Crippen LogP contribution in [-0.2, 0) is 17.0 Å². The lowest BCUT2D eigenvalue weighted by Crippen LogP contribution is -2.24. The van der Waals surface area contributed by atoms with Gasteiger partial charge in [-0.15, -0.1) is 22.7 Å². The molecule has 4 heterocycles. The van der Waals surface area contributed by atoms with E-state index in [1.54, 1.807) is 57.8 Å². The molecular weight excluding hydrogens is 478 g/mol. The molecule has 0 aliphatic carbocycles. The van der Waals surface area contributed by atoms with E-state index in [4.69, 9.17) is 19.1 Å². The molecule has 0 bridgehead atoms. The first-order valence-electron chi connectivity index (χ1n) is 9.89. The van der Waals surface area contributed by atoms with Gasteiger partial charge >= 0.3 is 5.97 Å². The quantitative estimate of drug-likeness (QED) is 0.172. The molecule has 33 heavy (non-hydrogen) atoms. The molecule has 5 aromatic rings. The number of furan rings is 1. The molecule has 0 atom stereocenters. The first-order chi connectivity index (χ1) is 16.1. The molecule has 0 aliphatic rings. The Morgan fingerprint density at radius 2 is 2.09 bits per heavy atom. The lowest BCUT2D eigenvalue weighted by atomic mass is 10.1. The monoisotopic (exact) mass is 495 g/mol. The van der Waals surface area contributed by atoms with Gasteiger partial charge in [0.1, 0.15) is 10.8 Å². The smallest absolute Gasteiger partial charge is 0.337 e. The molecule has 0 aliphatic heterocycles. The van der Waals surface area contributed by atoms with E-state index in [0.717, 1.165) is 15.6 Å². The Hall–Kier alpha value is -3.21. The number of methoxy groups -OCH3 is 1. The van der Waals surface area contributed by atoms with Crippen LogP contribution in [0.3, 0.4) is 0 Å². The van der Waals surface area contributed by atoms with Gasteiger partial charge in [0, 0.05) is 11.1 Å². The van der Waals surface area contributed by atoms with Crippen LogP contribution in [0.25, 0.3) is 20.8 Å². The van der Waals surface area contributed by atoms with Gasteiger partial charge in [0.2, 0.25) is 0 Å². The third-order valence-electron chi connectivity index (χ3n) is 4.87. The van der Waals surface area contributed by atoms with E-state index in [-0.39, 0.29) is 12.1 Å². The summed E-state index contributed by atoms with van der Waals surface area (Å²) in [5, 5.41) is 5.97. The molecule has 0 spiro atoms.